The molecule has 0 aliphatic heterocycles. The first-order valence-corrected chi connectivity index (χ1v) is 5.17. The minimum Gasteiger partial charge on any atom is -0.389 e. The van der Waals surface area contributed by atoms with Gasteiger partial charge in [0.2, 0.25) is 0 Å². The van der Waals surface area contributed by atoms with Crippen LogP contribution in [0.15, 0.2) is 42.6 Å². The van der Waals surface area contributed by atoms with E-state index in [1.54, 1.807) is 19.2 Å². The van der Waals surface area contributed by atoms with Crippen LogP contribution in [0.5, 0.6) is 0 Å². The van der Waals surface area contributed by atoms with Crippen molar-refractivity contribution in [3.8, 4) is 11.1 Å². The van der Waals surface area contributed by atoms with Crippen LogP contribution < -0.4 is 5.73 Å². The molecule has 0 aliphatic carbocycles. The van der Waals surface area contributed by atoms with E-state index in [0.29, 0.717) is 5.82 Å². The van der Waals surface area contributed by atoms with Gasteiger partial charge in [-0.3, -0.25) is 0 Å². The average Bonchev–Trinajstić information content (AvgIpc) is 2.30. The molecule has 16 heavy (non-hydrogen) atoms. The summed E-state index contributed by atoms with van der Waals surface area (Å²) in [4.78, 5) is 4.04. The number of pyridine rings is 1. The molecule has 0 amide bonds. The van der Waals surface area contributed by atoms with Crippen molar-refractivity contribution >= 4 is 5.82 Å². The molecule has 1 atom stereocenters. The van der Waals surface area contributed by atoms with Crippen molar-refractivity contribution in [1.29, 1.82) is 0 Å². The zero-order valence-corrected chi connectivity index (χ0v) is 9.09. The van der Waals surface area contributed by atoms with Crippen LogP contribution >= 0.6 is 0 Å². The zero-order chi connectivity index (χ0) is 11.5. The van der Waals surface area contributed by atoms with Gasteiger partial charge in [-0.1, -0.05) is 24.3 Å². The second-order valence-corrected chi connectivity index (χ2v) is 3.77. The van der Waals surface area contributed by atoms with Crippen molar-refractivity contribution in [1.82, 2.24) is 4.98 Å². The Morgan fingerprint density at radius 1 is 1.06 bits per heavy atom. The Labute approximate surface area is 94.6 Å². The first kappa shape index (κ1) is 10.6. The van der Waals surface area contributed by atoms with E-state index in [0.717, 1.165) is 16.7 Å². The number of aliphatic hydroxyl groups excluding tert-OH is 1. The first-order chi connectivity index (χ1) is 7.66. The number of nitrogens with zero attached hydrogens (tertiary/aromatic N) is 1. The molecular weight excluding hydrogens is 200 g/mol. The predicted molar refractivity (Wildman–Crippen MR) is 64.7 cm³/mol. The summed E-state index contributed by atoms with van der Waals surface area (Å²) < 4.78 is 0. The fourth-order valence-corrected chi connectivity index (χ4v) is 1.53. The SMILES string of the molecule is CC(O)c1ccc(-c2ccc(N)nc2)cc1. The molecule has 1 unspecified atom stereocenters. The highest BCUT2D eigenvalue weighted by Gasteiger charge is 2.01. The molecule has 1 aromatic carbocycles. The van der Waals surface area contributed by atoms with E-state index in [9.17, 15) is 5.11 Å². The van der Waals surface area contributed by atoms with Crippen molar-refractivity contribution in [3.05, 3.63) is 48.2 Å². The fourth-order valence-electron chi connectivity index (χ4n) is 1.53. The Hall–Kier alpha value is -1.87. The minimum atomic E-state index is -0.432. The van der Waals surface area contributed by atoms with E-state index in [-0.39, 0.29) is 0 Å². The van der Waals surface area contributed by atoms with Crippen molar-refractivity contribution in [3.63, 3.8) is 0 Å². The average molecular weight is 214 g/mol. The standard InChI is InChI=1S/C13H14N2O/c1-9(16)10-2-4-11(5-3-10)12-6-7-13(14)15-8-12/h2-9,16H,1H3,(H2,14,15). The van der Waals surface area contributed by atoms with Gasteiger partial charge in [0.1, 0.15) is 5.82 Å². The highest BCUT2D eigenvalue weighted by molar-refractivity contribution is 5.63. The van der Waals surface area contributed by atoms with Crippen LogP contribution in [-0.2, 0) is 0 Å². The van der Waals surface area contributed by atoms with Gasteiger partial charge in [-0.25, -0.2) is 4.98 Å². The number of aromatic nitrogens is 1. The highest BCUT2D eigenvalue weighted by Crippen LogP contribution is 2.21. The number of nitrogens with two attached hydrogens (primary N) is 1. The van der Waals surface area contributed by atoms with Gasteiger partial charge in [-0.15, -0.1) is 0 Å². The van der Waals surface area contributed by atoms with Gasteiger partial charge in [-0.2, -0.15) is 0 Å². The van der Waals surface area contributed by atoms with Crippen LogP contribution in [-0.4, -0.2) is 10.1 Å². The van der Waals surface area contributed by atoms with E-state index < -0.39 is 6.10 Å². The number of hydrogen-bond donors (Lipinski definition) is 2. The lowest BCUT2D eigenvalue weighted by molar-refractivity contribution is 0.199. The summed E-state index contributed by atoms with van der Waals surface area (Å²) in [6.45, 7) is 1.75. The van der Waals surface area contributed by atoms with Crippen molar-refractivity contribution in [2.75, 3.05) is 5.73 Å². The van der Waals surface area contributed by atoms with E-state index in [1.165, 1.54) is 0 Å². The number of nitrogen functional groups attached to an aromatic ring is 1. The van der Waals surface area contributed by atoms with Crippen molar-refractivity contribution < 1.29 is 5.11 Å². The van der Waals surface area contributed by atoms with Gasteiger partial charge in [0.05, 0.1) is 6.10 Å². The lowest BCUT2D eigenvalue weighted by Crippen LogP contribution is -1.91. The van der Waals surface area contributed by atoms with Gasteiger partial charge in [0, 0.05) is 11.8 Å². The van der Waals surface area contributed by atoms with Crippen LogP contribution in [0.2, 0.25) is 0 Å². The maximum atomic E-state index is 9.39. The summed E-state index contributed by atoms with van der Waals surface area (Å²) in [7, 11) is 0. The summed E-state index contributed by atoms with van der Waals surface area (Å²) >= 11 is 0. The lowest BCUT2D eigenvalue weighted by Gasteiger charge is -2.06. The summed E-state index contributed by atoms with van der Waals surface area (Å²) in [5.41, 5.74) is 8.52. The molecule has 3 heteroatoms. The van der Waals surface area contributed by atoms with Crippen LogP contribution in [0.1, 0.15) is 18.6 Å². The third-order valence-electron chi connectivity index (χ3n) is 2.51. The molecule has 0 spiro atoms. The quantitative estimate of drug-likeness (QED) is 0.807. The maximum absolute atomic E-state index is 9.39. The zero-order valence-electron chi connectivity index (χ0n) is 9.09. The Balaban J connectivity index is 2.31. The summed E-state index contributed by atoms with van der Waals surface area (Å²) in [5.74, 6) is 0.518. The Morgan fingerprint density at radius 3 is 2.19 bits per heavy atom. The van der Waals surface area contributed by atoms with E-state index in [2.05, 4.69) is 4.98 Å². The Bertz CT molecular complexity index is 460. The largest absolute Gasteiger partial charge is 0.389 e. The number of anilines is 1. The van der Waals surface area contributed by atoms with E-state index in [1.807, 2.05) is 30.3 Å². The molecule has 1 aromatic heterocycles. The van der Waals surface area contributed by atoms with Crippen molar-refractivity contribution in [2.24, 2.45) is 0 Å². The van der Waals surface area contributed by atoms with Crippen LogP contribution in [0.3, 0.4) is 0 Å². The summed E-state index contributed by atoms with van der Waals surface area (Å²) in [5, 5.41) is 9.39. The maximum Gasteiger partial charge on any atom is 0.123 e. The first-order valence-electron chi connectivity index (χ1n) is 5.17. The topological polar surface area (TPSA) is 59.1 Å². The van der Waals surface area contributed by atoms with E-state index in [4.69, 9.17) is 5.73 Å². The number of rotatable bonds is 2. The molecule has 3 N–H and O–H groups in total. The second kappa shape index (κ2) is 4.33. The number of aliphatic hydroxyl groups is 1. The number of benzene rings is 1. The fraction of sp³-hybridized carbons (Fsp3) is 0.154. The third-order valence-corrected chi connectivity index (χ3v) is 2.51. The molecule has 0 saturated carbocycles. The smallest absolute Gasteiger partial charge is 0.123 e. The Kier molecular flexibility index (Phi) is 2.88. The van der Waals surface area contributed by atoms with Gasteiger partial charge in [0.25, 0.3) is 0 Å². The molecule has 2 rings (SSSR count). The molecule has 0 radical (unpaired) electrons. The third kappa shape index (κ3) is 2.20. The summed E-state index contributed by atoms with van der Waals surface area (Å²) in [6, 6.07) is 11.5. The second-order valence-electron chi connectivity index (χ2n) is 3.77. The van der Waals surface area contributed by atoms with Crippen LogP contribution in [0.4, 0.5) is 5.82 Å². The molecule has 2 aromatic rings. The molecule has 0 bridgehead atoms. The normalized spacial score (nSPS) is 12.4. The molecule has 0 fully saturated rings. The minimum absolute atomic E-state index is 0.432. The van der Waals surface area contributed by atoms with Gasteiger partial charge in [-0.05, 0) is 30.2 Å². The Morgan fingerprint density at radius 2 is 1.69 bits per heavy atom. The molecular formula is C13H14N2O. The van der Waals surface area contributed by atoms with Crippen molar-refractivity contribution in [2.45, 2.75) is 13.0 Å². The van der Waals surface area contributed by atoms with Gasteiger partial charge >= 0.3 is 0 Å². The highest BCUT2D eigenvalue weighted by atomic mass is 16.3. The molecule has 82 valence electrons. The van der Waals surface area contributed by atoms with E-state index >= 15 is 0 Å². The molecule has 1 heterocycles. The summed E-state index contributed by atoms with van der Waals surface area (Å²) in [6.07, 6.45) is 1.31. The molecule has 0 saturated heterocycles. The van der Waals surface area contributed by atoms with Gasteiger partial charge in [0.15, 0.2) is 0 Å². The number of hydrogen-bond acceptors (Lipinski definition) is 3. The molecule has 3 nitrogen and oxygen atoms in total. The lowest BCUT2D eigenvalue weighted by atomic mass is 10.0. The molecule has 0 aliphatic rings. The van der Waals surface area contributed by atoms with Crippen LogP contribution in [0.25, 0.3) is 11.1 Å². The van der Waals surface area contributed by atoms with Gasteiger partial charge < -0.3 is 10.8 Å². The van der Waals surface area contributed by atoms with Crippen LogP contribution in [0, 0.1) is 0 Å². The predicted octanol–water partition coefficient (Wildman–Crippen LogP) is 2.38. The monoisotopic (exact) mass is 214 g/mol.